The Morgan fingerprint density at radius 3 is 2.60 bits per heavy atom. The number of ether oxygens (including phenoxy) is 1. The maximum atomic E-state index is 13.5. The molecular formula is C25H24N2O2S. The molecule has 3 aromatic rings. The quantitative estimate of drug-likeness (QED) is 0.546. The van der Waals surface area contributed by atoms with Gasteiger partial charge in [0.1, 0.15) is 5.75 Å². The van der Waals surface area contributed by atoms with E-state index in [4.69, 9.17) is 4.74 Å². The van der Waals surface area contributed by atoms with Gasteiger partial charge >= 0.3 is 0 Å². The summed E-state index contributed by atoms with van der Waals surface area (Å²) in [5.41, 5.74) is 6.32. The van der Waals surface area contributed by atoms with Crippen molar-refractivity contribution in [3.8, 4) is 5.75 Å². The molecule has 0 unspecified atom stereocenters. The molecule has 5 rings (SSSR count). The standard InChI is InChI=1S/C25H24N2O2S/c1-15-5-10-19-20(12-15)27-25(23-4-3-11-30-23)24-21(26-19)13-17(14-22(24)28)16-6-8-18(29-2)9-7-16/h3-12,17,25-27H,13-14H2,1-2H3/t17-,25-/m1/s1. The first kappa shape index (κ1) is 18.9. The number of aryl methyl sites for hydroxylation is 1. The van der Waals surface area contributed by atoms with Crippen LogP contribution < -0.4 is 15.4 Å². The predicted octanol–water partition coefficient (Wildman–Crippen LogP) is 6.04. The Hall–Kier alpha value is -3.05. The van der Waals surface area contributed by atoms with E-state index in [0.29, 0.717) is 6.42 Å². The molecular weight excluding hydrogens is 392 g/mol. The zero-order valence-electron chi connectivity index (χ0n) is 17.1. The number of anilines is 2. The number of Topliss-reactive ketones (excluding diaryl/α,β-unsaturated/α-hetero) is 1. The lowest BCUT2D eigenvalue weighted by Crippen LogP contribution is -2.26. The second kappa shape index (κ2) is 7.65. The summed E-state index contributed by atoms with van der Waals surface area (Å²) < 4.78 is 5.29. The average Bonchev–Trinajstić information content (AvgIpc) is 3.23. The van der Waals surface area contributed by atoms with E-state index in [9.17, 15) is 4.79 Å². The minimum atomic E-state index is -0.125. The van der Waals surface area contributed by atoms with Crippen LogP contribution in [0, 0.1) is 6.92 Å². The van der Waals surface area contributed by atoms with E-state index >= 15 is 0 Å². The number of ketones is 1. The molecule has 0 radical (unpaired) electrons. The normalized spacial score (nSPS) is 20.5. The molecule has 1 aromatic heterocycles. The molecule has 1 aliphatic heterocycles. The lowest BCUT2D eigenvalue weighted by Gasteiger charge is -2.29. The second-order valence-corrected chi connectivity index (χ2v) is 8.94. The fraction of sp³-hybridized carbons (Fsp3) is 0.240. The molecule has 2 aromatic carbocycles. The number of thiophene rings is 1. The molecule has 152 valence electrons. The Kier molecular flexibility index (Phi) is 4.83. The molecule has 2 N–H and O–H groups in total. The van der Waals surface area contributed by atoms with Gasteiger partial charge in [0.25, 0.3) is 0 Å². The number of nitrogens with one attached hydrogen (secondary N) is 2. The molecule has 0 saturated heterocycles. The summed E-state index contributed by atoms with van der Waals surface area (Å²) in [5, 5.41) is 9.33. The third-order valence-corrected chi connectivity index (χ3v) is 6.91. The van der Waals surface area contributed by atoms with Gasteiger partial charge in [0, 0.05) is 22.6 Å². The number of hydrogen-bond donors (Lipinski definition) is 2. The summed E-state index contributed by atoms with van der Waals surface area (Å²) in [4.78, 5) is 14.6. The molecule has 0 fully saturated rings. The van der Waals surface area contributed by atoms with Crippen LogP contribution in [0.2, 0.25) is 0 Å². The monoisotopic (exact) mass is 416 g/mol. The number of carbonyl (C=O) groups excluding carboxylic acids is 1. The molecule has 1 aliphatic carbocycles. The third kappa shape index (κ3) is 3.39. The highest BCUT2D eigenvalue weighted by atomic mass is 32.1. The Bertz CT molecular complexity index is 1120. The molecule has 2 aliphatic rings. The fourth-order valence-corrected chi connectivity index (χ4v) is 5.23. The van der Waals surface area contributed by atoms with Gasteiger partial charge in [-0.1, -0.05) is 24.3 Å². The average molecular weight is 417 g/mol. The van der Waals surface area contributed by atoms with Crippen molar-refractivity contribution >= 4 is 28.5 Å². The highest BCUT2D eigenvalue weighted by Crippen LogP contribution is 2.45. The Labute approximate surface area is 180 Å². The molecule has 30 heavy (non-hydrogen) atoms. The lowest BCUT2D eigenvalue weighted by molar-refractivity contribution is -0.116. The zero-order chi connectivity index (χ0) is 20.7. The van der Waals surface area contributed by atoms with Crippen molar-refractivity contribution in [1.82, 2.24) is 0 Å². The Morgan fingerprint density at radius 2 is 1.87 bits per heavy atom. The van der Waals surface area contributed by atoms with Gasteiger partial charge in [0.2, 0.25) is 0 Å². The molecule has 0 bridgehead atoms. The van der Waals surface area contributed by atoms with Gasteiger partial charge in [-0.3, -0.25) is 4.79 Å². The van der Waals surface area contributed by atoms with Crippen LogP contribution in [0.1, 0.15) is 40.8 Å². The number of fused-ring (bicyclic) bond motifs is 1. The van der Waals surface area contributed by atoms with Gasteiger partial charge in [-0.25, -0.2) is 0 Å². The molecule has 5 heteroatoms. The summed E-state index contributed by atoms with van der Waals surface area (Å²) in [6.07, 6.45) is 1.33. The molecule has 0 saturated carbocycles. The van der Waals surface area contributed by atoms with Crippen LogP contribution in [0.4, 0.5) is 11.4 Å². The topological polar surface area (TPSA) is 50.4 Å². The summed E-state index contributed by atoms with van der Waals surface area (Å²) >= 11 is 1.69. The Balaban J connectivity index is 1.57. The van der Waals surface area contributed by atoms with Gasteiger partial charge < -0.3 is 15.4 Å². The molecule has 0 amide bonds. The van der Waals surface area contributed by atoms with Gasteiger partial charge in [-0.2, -0.15) is 0 Å². The van der Waals surface area contributed by atoms with Crippen LogP contribution in [0.25, 0.3) is 0 Å². The first-order valence-electron chi connectivity index (χ1n) is 10.2. The smallest absolute Gasteiger partial charge is 0.163 e. The number of rotatable bonds is 3. The highest BCUT2D eigenvalue weighted by molar-refractivity contribution is 7.10. The predicted molar refractivity (Wildman–Crippen MR) is 122 cm³/mol. The van der Waals surface area contributed by atoms with Gasteiger partial charge in [-0.15, -0.1) is 11.3 Å². The van der Waals surface area contributed by atoms with Crippen molar-refractivity contribution in [1.29, 1.82) is 0 Å². The van der Waals surface area contributed by atoms with E-state index in [0.717, 1.165) is 39.7 Å². The minimum Gasteiger partial charge on any atom is -0.497 e. The van der Waals surface area contributed by atoms with Crippen molar-refractivity contribution in [2.75, 3.05) is 17.7 Å². The van der Waals surface area contributed by atoms with Crippen molar-refractivity contribution in [2.45, 2.75) is 31.7 Å². The van der Waals surface area contributed by atoms with Crippen LogP contribution in [-0.2, 0) is 4.79 Å². The van der Waals surface area contributed by atoms with E-state index in [1.165, 1.54) is 11.1 Å². The zero-order valence-corrected chi connectivity index (χ0v) is 17.9. The fourth-order valence-electron chi connectivity index (χ4n) is 4.44. The van der Waals surface area contributed by atoms with Crippen molar-refractivity contribution in [2.24, 2.45) is 0 Å². The lowest BCUT2D eigenvalue weighted by atomic mass is 9.79. The van der Waals surface area contributed by atoms with Crippen molar-refractivity contribution < 1.29 is 9.53 Å². The van der Waals surface area contributed by atoms with Gasteiger partial charge in [0.05, 0.1) is 24.5 Å². The minimum absolute atomic E-state index is 0.125. The summed E-state index contributed by atoms with van der Waals surface area (Å²) in [6.45, 7) is 2.09. The summed E-state index contributed by atoms with van der Waals surface area (Å²) in [7, 11) is 1.67. The third-order valence-electron chi connectivity index (χ3n) is 5.97. The summed E-state index contributed by atoms with van der Waals surface area (Å²) in [6, 6.07) is 18.5. The highest BCUT2D eigenvalue weighted by Gasteiger charge is 2.36. The number of methoxy groups -OCH3 is 1. The van der Waals surface area contributed by atoms with E-state index < -0.39 is 0 Å². The first-order valence-corrected chi connectivity index (χ1v) is 11.1. The maximum Gasteiger partial charge on any atom is 0.163 e. The number of hydrogen-bond acceptors (Lipinski definition) is 5. The Morgan fingerprint density at radius 1 is 1.03 bits per heavy atom. The van der Waals surface area contributed by atoms with Crippen LogP contribution >= 0.6 is 11.3 Å². The van der Waals surface area contributed by atoms with Crippen LogP contribution in [-0.4, -0.2) is 12.9 Å². The van der Waals surface area contributed by atoms with E-state index in [1.54, 1.807) is 18.4 Å². The molecule has 4 nitrogen and oxygen atoms in total. The van der Waals surface area contributed by atoms with Gasteiger partial charge in [0.15, 0.2) is 5.78 Å². The van der Waals surface area contributed by atoms with E-state index in [1.807, 2.05) is 18.2 Å². The molecule has 2 atom stereocenters. The largest absolute Gasteiger partial charge is 0.497 e. The number of benzene rings is 2. The van der Waals surface area contributed by atoms with Crippen LogP contribution in [0.15, 0.2) is 71.2 Å². The SMILES string of the molecule is COc1ccc([C@H]2CC(=O)C3=C(C2)Nc2ccc(C)cc2N[C@@H]3c2cccs2)cc1. The molecule has 2 heterocycles. The molecule has 0 spiro atoms. The van der Waals surface area contributed by atoms with E-state index in [-0.39, 0.29) is 17.7 Å². The number of carbonyl (C=O) groups is 1. The van der Waals surface area contributed by atoms with Crippen molar-refractivity contribution in [3.05, 3.63) is 87.3 Å². The summed E-state index contributed by atoms with van der Waals surface area (Å²) in [5.74, 6) is 1.20. The maximum absolute atomic E-state index is 13.5. The van der Waals surface area contributed by atoms with Gasteiger partial charge in [-0.05, 0) is 66.1 Å². The van der Waals surface area contributed by atoms with Crippen molar-refractivity contribution in [3.63, 3.8) is 0 Å². The number of allylic oxidation sites excluding steroid dienone is 1. The first-order chi connectivity index (χ1) is 14.6. The van der Waals surface area contributed by atoms with Crippen LogP contribution in [0.3, 0.4) is 0 Å². The second-order valence-electron chi connectivity index (χ2n) is 7.96. The van der Waals surface area contributed by atoms with E-state index in [2.05, 4.69) is 59.3 Å². The van der Waals surface area contributed by atoms with Crippen LogP contribution in [0.5, 0.6) is 5.75 Å².